The molecule has 3 aliphatic rings. The molecule has 1 aromatic carbocycles. The highest BCUT2D eigenvalue weighted by atomic mass is 14.4. The van der Waals surface area contributed by atoms with Gasteiger partial charge in [-0.25, -0.2) is 0 Å². The van der Waals surface area contributed by atoms with E-state index in [2.05, 4.69) is 101 Å². The quantitative estimate of drug-likeness (QED) is 0.722. The van der Waals surface area contributed by atoms with Crippen LogP contribution in [-0.2, 0) is 0 Å². The number of fused-ring (bicyclic) bond motifs is 2. The van der Waals surface area contributed by atoms with Crippen LogP contribution >= 0.6 is 0 Å². The Kier molecular flexibility index (Phi) is 3.58. The maximum absolute atomic E-state index is 2.50. The van der Waals surface area contributed by atoms with Gasteiger partial charge in [0.05, 0.1) is 0 Å². The molecular weight excluding hydrogens is 300 g/mol. The van der Waals surface area contributed by atoms with Gasteiger partial charge in [0.25, 0.3) is 0 Å². The summed E-state index contributed by atoms with van der Waals surface area (Å²) in [6.07, 6.45) is 16.3. The van der Waals surface area contributed by atoms with Crippen molar-refractivity contribution >= 4 is 11.1 Å². The molecule has 0 aliphatic heterocycles. The van der Waals surface area contributed by atoms with E-state index in [1.165, 1.54) is 21.6 Å². The Bertz CT molecular complexity index is 952. The first kappa shape index (κ1) is 16.4. The van der Waals surface area contributed by atoms with Gasteiger partial charge in [0.1, 0.15) is 0 Å². The van der Waals surface area contributed by atoms with Crippen molar-refractivity contribution in [1.82, 2.24) is 0 Å². The molecule has 2 unspecified atom stereocenters. The van der Waals surface area contributed by atoms with E-state index < -0.39 is 0 Å². The summed E-state index contributed by atoms with van der Waals surface area (Å²) in [5.41, 5.74) is 4.79. The van der Waals surface area contributed by atoms with Gasteiger partial charge in [0.2, 0.25) is 0 Å². The van der Waals surface area contributed by atoms with Crippen LogP contribution in [0, 0.1) is 22.7 Å². The zero-order chi connectivity index (χ0) is 17.8. The Morgan fingerprint density at radius 3 is 2.20 bits per heavy atom. The largest absolute Gasteiger partial charge is 0.0765 e. The number of allylic oxidation sites excluding steroid dienone is 8. The van der Waals surface area contributed by atoms with Gasteiger partial charge in [0.15, 0.2) is 0 Å². The Morgan fingerprint density at radius 1 is 0.800 bits per heavy atom. The molecule has 0 saturated heterocycles. The smallest absolute Gasteiger partial charge is 0.0252 e. The first-order valence-corrected chi connectivity index (χ1v) is 9.39. The van der Waals surface area contributed by atoms with E-state index in [4.69, 9.17) is 0 Å². The standard InChI is InChI=1S/C25H28/c1-24(2,3)17-14-15-18(16-17)25(4,5)23-21-12-8-6-10-19(21)20-11-7-9-13-22(20)23/h6-16,18,21H,1-5H3. The lowest BCUT2D eigenvalue weighted by Crippen LogP contribution is -2.32. The van der Waals surface area contributed by atoms with Gasteiger partial charge in [-0.15, -0.1) is 0 Å². The summed E-state index contributed by atoms with van der Waals surface area (Å²) in [6.45, 7) is 11.8. The lowest BCUT2D eigenvalue weighted by molar-refractivity contribution is 0.404. The molecule has 0 amide bonds. The SMILES string of the molecule is CC(C)(C)C1=CC(C(C)(C)C2=c3ccccc3=C3C=CC=CC32)C=C1. The van der Waals surface area contributed by atoms with Gasteiger partial charge in [-0.1, -0.05) is 101 Å². The number of rotatable bonds is 2. The monoisotopic (exact) mass is 328 g/mol. The Hall–Kier alpha value is -2.08. The lowest BCUT2D eigenvalue weighted by Gasteiger charge is -2.36. The molecule has 2 atom stereocenters. The fourth-order valence-electron chi connectivity index (χ4n) is 4.58. The summed E-state index contributed by atoms with van der Waals surface area (Å²) in [6, 6.07) is 8.94. The van der Waals surface area contributed by atoms with Crippen molar-refractivity contribution < 1.29 is 0 Å². The van der Waals surface area contributed by atoms with Gasteiger partial charge < -0.3 is 0 Å². The van der Waals surface area contributed by atoms with E-state index in [1.807, 2.05) is 0 Å². The van der Waals surface area contributed by atoms with Crippen LogP contribution in [-0.4, -0.2) is 0 Å². The Labute approximate surface area is 151 Å². The van der Waals surface area contributed by atoms with Gasteiger partial charge >= 0.3 is 0 Å². The summed E-state index contributed by atoms with van der Waals surface area (Å²) < 4.78 is 0. The van der Waals surface area contributed by atoms with Gasteiger partial charge in [-0.05, 0) is 38.0 Å². The third-order valence-electron chi connectivity index (χ3n) is 6.10. The normalized spacial score (nSPS) is 24.6. The first-order chi connectivity index (χ1) is 11.8. The highest BCUT2D eigenvalue weighted by Gasteiger charge is 2.39. The molecule has 0 nitrogen and oxygen atoms in total. The molecular formula is C25H28. The second kappa shape index (κ2) is 5.46. The molecule has 128 valence electrons. The number of hydrogen-bond donors (Lipinski definition) is 0. The zero-order valence-corrected chi connectivity index (χ0v) is 16.0. The molecule has 0 radical (unpaired) electrons. The van der Waals surface area contributed by atoms with Crippen LogP contribution < -0.4 is 10.4 Å². The minimum Gasteiger partial charge on any atom is -0.0765 e. The van der Waals surface area contributed by atoms with Crippen molar-refractivity contribution in [2.75, 3.05) is 0 Å². The molecule has 25 heavy (non-hydrogen) atoms. The maximum atomic E-state index is 2.50. The van der Waals surface area contributed by atoms with Gasteiger partial charge in [-0.2, -0.15) is 0 Å². The van der Waals surface area contributed by atoms with Crippen LogP contribution in [0.25, 0.3) is 11.1 Å². The molecule has 0 aromatic heterocycles. The van der Waals surface area contributed by atoms with Crippen LogP contribution in [0.2, 0.25) is 0 Å². The van der Waals surface area contributed by atoms with E-state index in [1.54, 1.807) is 5.57 Å². The summed E-state index contributed by atoms with van der Waals surface area (Å²) in [5.74, 6) is 0.862. The summed E-state index contributed by atoms with van der Waals surface area (Å²) in [7, 11) is 0. The summed E-state index contributed by atoms with van der Waals surface area (Å²) in [4.78, 5) is 0. The number of benzene rings is 1. The van der Waals surface area contributed by atoms with Crippen LogP contribution in [0.1, 0.15) is 34.6 Å². The van der Waals surface area contributed by atoms with E-state index in [9.17, 15) is 0 Å². The highest BCUT2D eigenvalue weighted by molar-refractivity contribution is 5.82. The van der Waals surface area contributed by atoms with Crippen LogP contribution in [0.3, 0.4) is 0 Å². The minimum absolute atomic E-state index is 0.0849. The van der Waals surface area contributed by atoms with Crippen LogP contribution in [0.5, 0.6) is 0 Å². The van der Waals surface area contributed by atoms with Crippen molar-refractivity contribution in [2.45, 2.75) is 34.6 Å². The highest BCUT2D eigenvalue weighted by Crippen LogP contribution is 2.48. The third kappa shape index (κ3) is 2.51. The summed E-state index contributed by atoms with van der Waals surface area (Å²) >= 11 is 0. The van der Waals surface area contributed by atoms with Gasteiger partial charge in [0, 0.05) is 11.8 Å². The Balaban J connectivity index is 1.88. The zero-order valence-electron chi connectivity index (χ0n) is 16.0. The fraction of sp³-hybridized carbons (Fsp3) is 0.360. The average Bonchev–Trinajstić information content (AvgIpc) is 3.18. The lowest BCUT2D eigenvalue weighted by atomic mass is 9.68. The maximum Gasteiger partial charge on any atom is 0.0252 e. The molecule has 4 rings (SSSR count). The molecule has 0 heteroatoms. The average molecular weight is 328 g/mol. The van der Waals surface area contributed by atoms with Crippen molar-refractivity contribution in [2.24, 2.45) is 22.7 Å². The molecule has 0 N–H and O–H groups in total. The molecule has 0 bridgehead atoms. The van der Waals surface area contributed by atoms with E-state index in [-0.39, 0.29) is 10.8 Å². The fourth-order valence-corrected chi connectivity index (χ4v) is 4.58. The molecule has 0 heterocycles. The van der Waals surface area contributed by atoms with Crippen molar-refractivity contribution in [3.8, 4) is 0 Å². The second-order valence-corrected chi connectivity index (χ2v) is 9.11. The summed E-state index contributed by atoms with van der Waals surface area (Å²) in [5, 5.41) is 2.85. The second-order valence-electron chi connectivity index (χ2n) is 9.11. The Morgan fingerprint density at radius 2 is 1.52 bits per heavy atom. The molecule has 0 spiro atoms. The molecule has 3 aliphatic carbocycles. The molecule has 0 saturated carbocycles. The van der Waals surface area contributed by atoms with Crippen molar-refractivity contribution in [1.29, 1.82) is 0 Å². The molecule has 0 fully saturated rings. The molecule has 1 aromatic rings. The van der Waals surface area contributed by atoms with E-state index in [0.29, 0.717) is 11.8 Å². The van der Waals surface area contributed by atoms with Gasteiger partial charge in [-0.3, -0.25) is 0 Å². The first-order valence-electron chi connectivity index (χ1n) is 9.39. The van der Waals surface area contributed by atoms with E-state index >= 15 is 0 Å². The predicted molar refractivity (Wildman–Crippen MR) is 108 cm³/mol. The number of hydrogen-bond acceptors (Lipinski definition) is 0. The predicted octanol–water partition coefficient (Wildman–Crippen LogP) is 4.93. The van der Waals surface area contributed by atoms with Crippen molar-refractivity contribution in [3.05, 3.63) is 82.8 Å². The van der Waals surface area contributed by atoms with Crippen LogP contribution in [0.15, 0.2) is 72.4 Å². The van der Waals surface area contributed by atoms with E-state index in [0.717, 1.165) is 0 Å². The van der Waals surface area contributed by atoms with Crippen molar-refractivity contribution in [3.63, 3.8) is 0 Å². The van der Waals surface area contributed by atoms with Crippen LogP contribution in [0.4, 0.5) is 0 Å². The topological polar surface area (TPSA) is 0 Å². The minimum atomic E-state index is 0.0849. The third-order valence-corrected chi connectivity index (χ3v) is 6.10.